The van der Waals surface area contributed by atoms with Gasteiger partial charge >= 0.3 is 5.97 Å². The number of carboxylic acids is 1. The second kappa shape index (κ2) is 6.12. The van der Waals surface area contributed by atoms with Crippen LogP contribution in [-0.2, 0) is 9.59 Å². The Labute approximate surface area is 116 Å². The Morgan fingerprint density at radius 2 is 2.06 bits per heavy atom. The summed E-state index contributed by atoms with van der Waals surface area (Å²) in [5, 5.41) is 8.57. The summed E-state index contributed by atoms with van der Waals surface area (Å²) in [7, 11) is 0. The molecule has 17 heavy (non-hydrogen) atoms. The van der Waals surface area contributed by atoms with Crippen LogP contribution in [0.5, 0.6) is 0 Å². The molecular formula is C12H10Br2O3. The maximum atomic E-state index is 11.3. The SMILES string of the molecule is CC(=O)C(Br)c1cccc(/C=C/C(=O)O)c1Br. The zero-order valence-corrected chi connectivity index (χ0v) is 12.2. The number of ketones is 1. The second-order valence-corrected chi connectivity index (χ2v) is 5.10. The van der Waals surface area contributed by atoms with Crippen molar-refractivity contribution in [3.05, 3.63) is 39.9 Å². The summed E-state index contributed by atoms with van der Waals surface area (Å²) in [4.78, 5) is 21.3. The lowest BCUT2D eigenvalue weighted by molar-refractivity contribution is -0.131. The van der Waals surface area contributed by atoms with E-state index in [1.165, 1.54) is 13.0 Å². The smallest absolute Gasteiger partial charge is 0.328 e. The standard InChI is InChI=1S/C12H10Br2O3/c1-7(15)11(13)9-4-2-3-8(12(9)14)5-6-10(16)17/h2-6,11H,1H3,(H,16,17)/b6-5+. The summed E-state index contributed by atoms with van der Waals surface area (Å²) >= 11 is 6.67. The van der Waals surface area contributed by atoms with Crippen molar-refractivity contribution in [3.63, 3.8) is 0 Å². The van der Waals surface area contributed by atoms with E-state index >= 15 is 0 Å². The van der Waals surface area contributed by atoms with Gasteiger partial charge in [-0.2, -0.15) is 0 Å². The van der Waals surface area contributed by atoms with E-state index in [1.807, 2.05) is 6.07 Å². The van der Waals surface area contributed by atoms with Crippen LogP contribution >= 0.6 is 31.9 Å². The highest BCUT2D eigenvalue weighted by atomic mass is 79.9. The highest BCUT2D eigenvalue weighted by Gasteiger charge is 2.16. The number of rotatable bonds is 4. The maximum absolute atomic E-state index is 11.3. The zero-order valence-electron chi connectivity index (χ0n) is 8.98. The Morgan fingerprint density at radius 1 is 1.41 bits per heavy atom. The minimum Gasteiger partial charge on any atom is -0.478 e. The second-order valence-electron chi connectivity index (χ2n) is 3.40. The van der Waals surface area contributed by atoms with E-state index in [0.29, 0.717) is 0 Å². The van der Waals surface area contributed by atoms with E-state index in [1.54, 1.807) is 12.1 Å². The molecule has 0 aliphatic carbocycles. The van der Waals surface area contributed by atoms with Gasteiger partial charge in [-0.15, -0.1) is 0 Å². The Hall–Kier alpha value is -0.940. The number of carboxylic acid groups (broad SMARTS) is 1. The predicted molar refractivity (Wildman–Crippen MR) is 73.2 cm³/mol. The summed E-state index contributed by atoms with van der Waals surface area (Å²) in [5.41, 5.74) is 1.50. The molecule has 0 aliphatic heterocycles. The summed E-state index contributed by atoms with van der Waals surface area (Å²) in [6.45, 7) is 1.49. The molecule has 1 aromatic carbocycles. The van der Waals surface area contributed by atoms with Crippen molar-refractivity contribution in [2.24, 2.45) is 0 Å². The molecule has 1 atom stereocenters. The quantitative estimate of drug-likeness (QED) is 0.658. The van der Waals surface area contributed by atoms with Crippen molar-refractivity contribution >= 4 is 49.7 Å². The first-order chi connectivity index (χ1) is 7.93. The summed E-state index contributed by atoms with van der Waals surface area (Å²) < 4.78 is 0.717. The fraction of sp³-hybridized carbons (Fsp3) is 0.167. The molecule has 0 saturated heterocycles. The van der Waals surface area contributed by atoms with Gasteiger partial charge in [-0.1, -0.05) is 34.1 Å². The molecule has 1 aromatic rings. The molecule has 0 aliphatic rings. The largest absolute Gasteiger partial charge is 0.478 e. The maximum Gasteiger partial charge on any atom is 0.328 e. The third-order valence-corrected chi connectivity index (χ3v) is 4.15. The molecule has 90 valence electrons. The van der Waals surface area contributed by atoms with Gasteiger partial charge in [0, 0.05) is 10.5 Å². The minimum atomic E-state index is -1.01. The molecule has 0 radical (unpaired) electrons. The number of aliphatic carboxylic acids is 1. The molecular weight excluding hydrogens is 352 g/mol. The molecule has 0 bridgehead atoms. The van der Waals surface area contributed by atoms with Gasteiger partial charge in [0.15, 0.2) is 0 Å². The summed E-state index contributed by atoms with van der Waals surface area (Å²) in [6, 6.07) is 5.36. The van der Waals surface area contributed by atoms with Crippen molar-refractivity contribution < 1.29 is 14.7 Å². The molecule has 0 heterocycles. The van der Waals surface area contributed by atoms with Crippen molar-refractivity contribution in [1.82, 2.24) is 0 Å². The van der Waals surface area contributed by atoms with Crippen LogP contribution < -0.4 is 0 Å². The van der Waals surface area contributed by atoms with E-state index in [-0.39, 0.29) is 5.78 Å². The first kappa shape index (κ1) is 14.1. The normalized spacial score (nSPS) is 12.6. The van der Waals surface area contributed by atoms with Gasteiger partial charge in [0.1, 0.15) is 5.78 Å². The van der Waals surface area contributed by atoms with Crippen LogP contribution in [0.3, 0.4) is 0 Å². The minimum absolute atomic E-state index is 0.00920. The monoisotopic (exact) mass is 360 g/mol. The summed E-state index contributed by atoms with van der Waals surface area (Å²) in [6.07, 6.45) is 2.54. The lowest BCUT2D eigenvalue weighted by Gasteiger charge is -2.10. The molecule has 3 nitrogen and oxygen atoms in total. The average Bonchev–Trinajstić information content (AvgIpc) is 2.26. The molecule has 1 rings (SSSR count). The Bertz CT molecular complexity index is 481. The average molecular weight is 362 g/mol. The van der Waals surface area contributed by atoms with Gasteiger partial charge in [0.25, 0.3) is 0 Å². The molecule has 1 N–H and O–H groups in total. The Morgan fingerprint density at radius 3 is 2.59 bits per heavy atom. The van der Waals surface area contributed by atoms with Crippen LogP contribution in [0.25, 0.3) is 6.08 Å². The molecule has 0 amide bonds. The Balaban J connectivity index is 3.16. The van der Waals surface area contributed by atoms with Gasteiger partial charge in [-0.25, -0.2) is 4.79 Å². The molecule has 0 spiro atoms. The van der Waals surface area contributed by atoms with E-state index in [2.05, 4.69) is 31.9 Å². The van der Waals surface area contributed by atoms with Crippen LogP contribution in [-0.4, -0.2) is 16.9 Å². The number of hydrogen-bond acceptors (Lipinski definition) is 2. The lowest BCUT2D eigenvalue weighted by atomic mass is 10.1. The van der Waals surface area contributed by atoms with Crippen molar-refractivity contribution in [2.45, 2.75) is 11.8 Å². The molecule has 0 fully saturated rings. The van der Waals surface area contributed by atoms with Crippen LogP contribution in [0.1, 0.15) is 22.9 Å². The molecule has 0 saturated carbocycles. The van der Waals surface area contributed by atoms with Crippen molar-refractivity contribution in [2.75, 3.05) is 0 Å². The number of hydrogen-bond donors (Lipinski definition) is 1. The highest BCUT2D eigenvalue weighted by molar-refractivity contribution is 9.11. The van der Waals surface area contributed by atoms with E-state index in [0.717, 1.165) is 21.7 Å². The first-order valence-electron chi connectivity index (χ1n) is 4.77. The van der Waals surface area contributed by atoms with Crippen LogP contribution in [0, 0.1) is 0 Å². The number of alkyl halides is 1. The topological polar surface area (TPSA) is 54.4 Å². The molecule has 0 aromatic heterocycles. The highest BCUT2D eigenvalue weighted by Crippen LogP contribution is 2.33. The van der Waals surface area contributed by atoms with Gasteiger partial charge in [-0.05, 0) is 40.1 Å². The van der Waals surface area contributed by atoms with Crippen LogP contribution in [0.4, 0.5) is 0 Å². The van der Waals surface area contributed by atoms with Gasteiger partial charge in [0.2, 0.25) is 0 Å². The van der Waals surface area contributed by atoms with Crippen molar-refractivity contribution in [1.29, 1.82) is 0 Å². The summed E-state index contributed by atoms with van der Waals surface area (Å²) in [5.74, 6) is -1.02. The number of Topliss-reactive ketones (excluding diaryl/α,β-unsaturated/α-hetero) is 1. The molecule has 1 unspecified atom stereocenters. The van der Waals surface area contributed by atoms with E-state index in [9.17, 15) is 9.59 Å². The van der Waals surface area contributed by atoms with Crippen LogP contribution in [0.2, 0.25) is 0 Å². The van der Waals surface area contributed by atoms with E-state index < -0.39 is 10.8 Å². The van der Waals surface area contributed by atoms with E-state index in [4.69, 9.17) is 5.11 Å². The number of carbonyl (C=O) groups excluding carboxylic acids is 1. The van der Waals surface area contributed by atoms with Crippen LogP contribution in [0.15, 0.2) is 28.7 Å². The lowest BCUT2D eigenvalue weighted by Crippen LogP contribution is -2.02. The number of benzene rings is 1. The fourth-order valence-electron chi connectivity index (χ4n) is 1.27. The number of halogens is 2. The third kappa shape index (κ3) is 3.78. The third-order valence-electron chi connectivity index (χ3n) is 2.09. The van der Waals surface area contributed by atoms with Crippen molar-refractivity contribution in [3.8, 4) is 0 Å². The fourth-order valence-corrected chi connectivity index (χ4v) is 2.59. The molecule has 5 heteroatoms. The van der Waals surface area contributed by atoms with Gasteiger partial charge < -0.3 is 5.11 Å². The first-order valence-corrected chi connectivity index (χ1v) is 6.48. The number of carbonyl (C=O) groups is 2. The zero-order chi connectivity index (χ0) is 13.0. The predicted octanol–water partition coefficient (Wildman–Crippen LogP) is 3.57. The van der Waals surface area contributed by atoms with Gasteiger partial charge in [0.05, 0.1) is 4.83 Å². The Kier molecular flexibility index (Phi) is 5.08. The van der Waals surface area contributed by atoms with Gasteiger partial charge in [-0.3, -0.25) is 4.79 Å².